The van der Waals surface area contributed by atoms with Crippen molar-refractivity contribution in [1.82, 2.24) is 9.55 Å². The van der Waals surface area contributed by atoms with Crippen molar-refractivity contribution in [3.8, 4) is 0 Å². The van der Waals surface area contributed by atoms with Gasteiger partial charge in [0.25, 0.3) is 0 Å². The molecule has 0 saturated heterocycles. The molecule has 3 nitrogen and oxygen atoms in total. The molecule has 3 heteroatoms. The fourth-order valence-corrected chi connectivity index (χ4v) is 1.14. The molecule has 0 aliphatic heterocycles. The minimum Gasteiger partial charge on any atom is -0.333 e. The van der Waals surface area contributed by atoms with Crippen LogP contribution < -0.4 is 5.73 Å². The van der Waals surface area contributed by atoms with E-state index in [1.807, 2.05) is 12.5 Å². The standard InChI is InChI=1S/C8H15N3/c1-7(2)8-5-10-6-11(8)4-3-9/h5-7H,3-4,9H2,1-2H3. The van der Waals surface area contributed by atoms with Crippen LogP contribution in [0.5, 0.6) is 0 Å². The molecule has 0 spiro atoms. The Morgan fingerprint density at radius 1 is 1.64 bits per heavy atom. The second kappa shape index (κ2) is 3.53. The maximum absolute atomic E-state index is 5.44. The van der Waals surface area contributed by atoms with Crippen LogP contribution in [0.1, 0.15) is 25.5 Å². The molecule has 0 aromatic carbocycles. The van der Waals surface area contributed by atoms with Crippen molar-refractivity contribution in [3.63, 3.8) is 0 Å². The van der Waals surface area contributed by atoms with Gasteiger partial charge in [-0.15, -0.1) is 0 Å². The summed E-state index contributed by atoms with van der Waals surface area (Å²) in [4.78, 5) is 4.07. The number of imidazole rings is 1. The number of rotatable bonds is 3. The molecule has 0 fully saturated rings. The van der Waals surface area contributed by atoms with E-state index in [-0.39, 0.29) is 0 Å². The quantitative estimate of drug-likeness (QED) is 0.703. The highest BCUT2D eigenvalue weighted by atomic mass is 15.1. The van der Waals surface area contributed by atoms with Crippen molar-refractivity contribution in [1.29, 1.82) is 0 Å². The van der Waals surface area contributed by atoms with Crippen LogP contribution in [0.2, 0.25) is 0 Å². The summed E-state index contributed by atoms with van der Waals surface area (Å²) in [5.74, 6) is 0.532. The lowest BCUT2D eigenvalue weighted by molar-refractivity contribution is 0.642. The zero-order valence-electron chi connectivity index (χ0n) is 7.12. The molecule has 0 aliphatic carbocycles. The van der Waals surface area contributed by atoms with E-state index >= 15 is 0 Å². The van der Waals surface area contributed by atoms with E-state index in [0.717, 1.165) is 6.54 Å². The molecule has 0 bridgehead atoms. The molecular formula is C8H15N3. The van der Waals surface area contributed by atoms with E-state index < -0.39 is 0 Å². The van der Waals surface area contributed by atoms with E-state index in [1.165, 1.54) is 5.69 Å². The first-order valence-electron chi connectivity index (χ1n) is 3.95. The molecule has 11 heavy (non-hydrogen) atoms. The molecule has 1 rings (SSSR count). The second-order valence-electron chi connectivity index (χ2n) is 2.96. The summed E-state index contributed by atoms with van der Waals surface area (Å²) in [6, 6.07) is 0. The molecule has 0 saturated carbocycles. The van der Waals surface area contributed by atoms with Crippen molar-refractivity contribution in [2.75, 3.05) is 6.54 Å². The summed E-state index contributed by atoms with van der Waals surface area (Å²) in [5, 5.41) is 0. The van der Waals surface area contributed by atoms with Crippen LogP contribution in [-0.2, 0) is 6.54 Å². The van der Waals surface area contributed by atoms with Gasteiger partial charge in [0.05, 0.1) is 6.33 Å². The summed E-state index contributed by atoms with van der Waals surface area (Å²) < 4.78 is 2.10. The monoisotopic (exact) mass is 153 g/mol. The van der Waals surface area contributed by atoms with Gasteiger partial charge in [-0.3, -0.25) is 0 Å². The summed E-state index contributed by atoms with van der Waals surface area (Å²) in [6.07, 6.45) is 3.74. The number of hydrogen-bond acceptors (Lipinski definition) is 2. The second-order valence-corrected chi connectivity index (χ2v) is 2.96. The smallest absolute Gasteiger partial charge is 0.0948 e. The van der Waals surface area contributed by atoms with Gasteiger partial charge in [0.1, 0.15) is 0 Å². The lowest BCUT2D eigenvalue weighted by atomic mass is 10.1. The molecule has 62 valence electrons. The van der Waals surface area contributed by atoms with E-state index in [4.69, 9.17) is 5.73 Å². The number of nitrogens with zero attached hydrogens (tertiary/aromatic N) is 2. The van der Waals surface area contributed by atoms with Gasteiger partial charge in [-0.2, -0.15) is 0 Å². The molecule has 0 amide bonds. The summed E-state index contributed by atoms with van der Waals surface area (Å²) in [6.45, 7) is 5.86. The Bertz CT molecular complexity index is 215. The Labute approximate surface area is 67.2 Å². The predicted molar refractivity (Wildman–Crippen MR) is 45.4 cm³/mol. The molecule has 0 unspecified atom stereocenters. The largest absolute Gasteiger partial charge is 0.333 e. The Morgan fingerprint density at radius 3 is 2.91 bits per heavy atom. The number of aromatic nitrogens is 2. The maximum atomic E-state index is 5.44. The molecule has 0 radical (unpaired) electrons. The van der Waals surface area contributed by atoms with Gasteiger partial charge in [0.2, 0.25) is 0 Å². The molecule has 1 aromatic rings. The molecule has 0 aliphatic rings. The first-order valence-corrected chi connectivity index (χ1v) is 3.95. The lowest BCUT2D eigenvalue weighted by Crippen LogP contribution is -2.11. The third kappa shape index (κ3) is 1.80. The van der Waals surface area contributed by atoms with Gasteiger partial charge in [0, 0.05) is 25.0 Å². The van der Waals surface area contributed by atoms with Gasteiger partial charge in [0.15, 0.2) is 0 Å². The predicted octanol–water partition coefficient (Wildman–Crippen LogP) is 0.965. The summed E-state index contributed by atoms with van der Waals surface area (Å²) in [5.41, 5.74) is 6.70. The highest BCUT2D eigenvalue weighted by molar-refractivity contribution is 5.03. The van der Waals surface area contributed by atoms with Crippen molar-refractivity contribution in [2.45, 2.75) is 26.3 Å². The first-order chi connectivity index (χ1) is 5.25. The molecular weight excluding hydrogens is 138 g/mol. The zero-order valence-corrected chi connectivity index (χ0v) is 7.12. The SMILES string of the molecule is CC(C)c1cncn1CCN. The average Bonchev–Trinajstić information content (AvgIpc) is 2.36. The molecule has 0 atom stereocenters. The maximum Gasteiger partial charge on any atom is 0.0948 e. The number of nitrogens with two attached hydrogens (primary N) is 1. The van der Waals surface area contributed by atoms with Gasteiger partial charge >= 0.3 is 0 Å². The minimum atomic E-state index is 0.532. The molecule has 2 N–H and O–H groups in total. The van der Waals surface area contributed by atoms with Crippen molar-refractivity contribution in [3.05, 3.63) is 18.2 Å². The van der Waals surface area contributed by atoms with Crippen LogP contribution in [0.3, 0.4) is 0 Å². The van der Waals surface area contributed by atoms with Crippen LogP contribution in [0.25, 0.3) is 0 Å². The van der Waals surface area contributed by atoms with Crippen molar-refractivity contribution < 1.29 is 0 Å². The van der Waals surface area contributed by atoms with Crippen LogP contribution in [0, 0.1) is 0 Å². The van der Waals surface area contributed by atoms with Gasteiger partial charge in [-0.1, -0.05) is 13.8 Å². The van der Waals surface area contributed by atoms with Gasteiger partial charge < -0.3 is 10.3 Å². The topological polar surface area (TPSA) is 43.8 Å². The Morgan fingerprint density at radius 2 is 2.36 bits per heavy atom. The van der Waals surface area contributed by atoms with E-state index in [0.29, 0.717) is 12.5 Å². The van der Waals surface area contributed by atoms with E-state index in [9.17, 15) is 0 Å². The molecule has 1 aromatic heterocycles. The third-order valence-electron chi connectivity index (χ3n) is 1.71. The highest BCUT2D eigenvalue weighted by Crippen LogP contribution is 2.12. The third-order valence-corrected chi connectivity index (χ3v) is 1.71. The van der Waals surface area contributed by atoms with E-state index in [1.54, 1.807) is 0 Å². The Kier molecular flexibility index (Phi) is 2.65. The fourth-order valence-electron chi connectivity index (χ4n) is 1.14. The molecule has 1 heterocycles. The summed E-state index contributed by atoms with van der Waals surface area (Å²) in [7, 11) is 0. The van der Waals surface area contributed by atoms with Crippen molar-refractivity contribution in [2.24, 2.45) is 5.73 Å². The lowest BCUT2D eigenvalue weighted by Gasteiger charge is -2.08. The summed E-state index contributed by atoms with van der Waals surface area (Å²) >= 11 is 0. The fraction of sp³-hybridized carbons (Fsp3) is 0.625. The van der Waals surface area contributed by atoms with E-state index in [2.05, 4.69) is 23.4 Å². The normalized spacial score (nSPS) is 10.9. The Hall–Kier alpha value is -0.830. The van der Waals surface area contributed by atoms with Crippen LogP contribution >= 0.6 is 0 Å². The van der Waals surface area contributed by atoms with Crippen molar-refractivity contribution >= 4 is 0 Å². The average molecular weight is 153 g/mol. The Balaban J connectivity index is 2.78. The van der Waals surface area contributed by atoms with Crippen LogP contribution in [-0.4, -0.2) is 16.1 Å². The number of hydrogen-bond donors (Lipinski definition) is 1. The van der Waals surface area contributed by atoms with Crippen LogP contribution in [0.15, 0.2) is 12.5 Å². The van der Waals surface area contributed by atoms with Gasteiger partial charge in [-0.25, -0.2) is 4.98 Å². The zero-order chi connectivity index (χ0) is 8.27. The van der Waals surface area contributed by atoms with Crippen LogP contribution in [0.4, 0.5) is 0 Å². The minimum absolute atomic E-state index is 0.532. The first kappa shape index (κ1) is 8.27. The highest BCUT2D eigenvalue weighted by Gasteiger charge is 2.04. The van der Waals surface area contributed by atoms with Gasteiger partial charge in [-0.05, 0) is 5.92 Å².